The first-order valence-corrected chi connectivity index (χ1v) is 22.7. The van der Waals surface area contributed by atoms with Gasteiger partial charge < -0.3 is 9.32 Å². The Balaban J connectivity index is 1.25. The average molecular weight is 822 g/mol. The van der Waals surface area contributed by atoms with Crippen molar-refractivity contribution in [1.29, 1.82) is 0 Å². The molecule has 0 saturated carbocycles. The molecule has 306 valence electrons. The molecule has 13 rings (SSSR count). The summed E-state index contributed by atoms with van der Waals surface area (Å²) >= 11 is 0. The molecule has 10 aromatic rings. The van der Waals surface area contributed by atoms with Crippen LogP contribution >= 0.6 is 0 Å². The molecule has 0 N–H and O–H groups in total. The van der Waals surface area contributed by atoms with Crippen LogP contribution < -0.4 is 4.90 Å². The van der Waals surface area contributed by atoms with Gasteiger partial charge in [-0.05, 0) is 120 Å². The van der Waals surface area contributed by atoms with Crippen LogP contribution in [-0.4, -0.2) is 0 Å². The molecule has 2 heterocycles. The zero-order chi connectivity index (χ0) is 43.1. The predicted octanol–water partition coefficient (Wildman–Crippen LogP) is 16.7. The van der Waals surface area contributed by atoms with Crippen molar-refractivity contribution < 1.29 is 4.42 Å². The topological polar surface area (TPSA) is 16.4 Å². The molecule has 1 unspecified atom stereocenters. The van der Waals surface area contributed by atoms with Crippen LogP contribution in [-0.2, 0) is 16.2 Å². The average Bonchev–Trinajstić information content (AvgIpc) is 3.95. The third-order valence-corrected chi connectivity index (χ3v) is 14.8. The molecule has 64 heavy (non-hydrogen) atoms. The number of hydrogen-bond acceptors (Lipinski definition) is 2. The van der Waals surface area contributed by atoms with Gasteiger partial charge in [0.15, 0.2) is 5.58 Å². The zero-order valence-electron chi connectivity index (χ0n) is 36.8. The SMILES string of the molecule is CC(C)(C)c1ccc2c(c1)C13c4cc(ccc4-2)C(C)(C)c2cc(-c4ccccc4)ccc2N(c2ccc(-c4ccccc4)cc2)c2c1c(cc1c2oc2ccccc21)-c1ccccc13. The van der Waals surface area contributed by atoms with Gasteiger partial charge in [-0.2, -0.15) is 0 Å². The zero-order valence-corrected chi connectivity index (χ0v) is 36.8. The molecule has 1 atom stereocenters. The maximum Gasteiger partial charge on any atom is 0.159 e. The van der Waals surface area contributed by atoms with Crippen LogP contribution in [0.5, 0.6) is 0 Å². The third-order valence-electron chi connectivity index (χ3n) is 14.8. The van der Waals surface area contributed by atoms with Crippen LogP contribution in [0.25, 0.3) is 66.4 Å². The normalized spacial score (nSPS) is 16.4. The predicted molar refractivity (Wildman–Crippen MR) is 266 cm³/mol. The van der Waals surface area contributed by atoms with Crippen molar-refractivity contribution in [2.24, 2.45) is 0 Å². The van der Waals surface area contributed by atoms with Gasteiger partial charge in [-0.3, -0.25) is 0 Å². The van der Waals surface area contributed by atoms with Crippen LogP contribution in [0, 0.1) is 0 Å². The van der Waals surface area contributed by atoms with Crippen molar-refractivity contribution >= 4 is 39.0 Å². The number of furan rings is 1. The Labute approximate surface area is 375 Å². The molecule has 2 aliphatic carbocycles. The minimum atomic E-state index is -0.643. The third kappa shape index (κ3) is 4.97. The Morgan fingerprint density at radius 2 is 1.06 bits per heavy atom. The molecule has 1 aliphatic heterocycles. The molecule has 1 aromatic heterocycles. The van der Waals surface area contributed by atoms with Crippen molar-refractivity contribution in [3.63, 3.8) is 0 Å². The maximum atomic E-state index is 7.34. The summed E-state index contributed by atoms with van der Waals surface area (Å²) in [5.41, 5.74) is 23.0. The summed E-state index contributed by atoms with van der Waals surface area (Å²) in [7, 11) is 0. The number of rotatable bonds is 3. The maximum absolute atomic E-state index is 7.34. The van der Waals surface area contributed by atoms with E-state index in [0.717, 1.165) is 39.0 Å². The lowest BCUT2D eigenvalue weighted by atomic mass is 9.67. The number of anilines is 3. The van der Waals surface area contributed by atoms with Crippen LogP contribution in [0.3, 0.4) is 0 Å². The fourth-order valence-electron chi connectivity index (χ4n) is 11.6. The van der Waals surface area contributed by atoms with Gasteiger partial charge in [-0.25, -0.2) is 0 Å². The van der Waals surface area contributed by atoms with E-state index in [1.54, 1.807) is 0 Å². The summed E-state index contributed by atoms with van der Waals surface area (Å²) in [6.45, 7) is 11.9. The molecule has 3 aliphatic rings. The Hall–Kier alpha value is -7.42. The minimum absolute atomic E-state index is 0.0575. The van der Waals surface area contributed by atoms with Crippen LogP contribution in [0.2, 0.25) is 0 Å². The Morgan fingerprint density at radius 3 is 1.81 bits per heavy atom. The van der Waals surface area contributed by atoms with Gasteiger partial charge in [0.2, 0.25) is 0 Å². The van der Waals surface area contributed by atoms with E-state index in [-0.39, 0.29) is 5.41 Å². The lowest BCUT2D eigenvalue weighted by molar-refractivity contribution is 0.588. The van der Waals surface area contributed by atoms with Gasteiger partial charge in [0.1, 0.15) is 5.58 Å². The van der Waals surface area contributed by atoms with Gasteiger partial charge in [0.05, 0.1) is 16.8 Å². The van der Waals surface area contributed by atoms with E-state index in [1.165, 1.54) is 83.5 Å². The Kier molecular flexibility index (Phi) is 7.59. The molecule has 2 heteroatoms. The number of nitrogens with zero attached hydrogens (tertiary/aromatic N) is 1. The highest BCUT2D eigenvalue weighted by molar-refractivity contribution is 6.16. The molecule has 9 aromatic carbocycles. The van der Waals surface area contributed by atoms with Gasteiger partial charge in [0.25, 0.3) is 0 Å². The number of hydrogen-bond donors (Lipinski definition) is 0. The number of fused-ring (bicyclic) bond motifs is 10. The molecule has 1 spiro atoms. The lowest BCUT2D eigenvalue weighted by Gasteiger charge is -2.40. The summed E-state index contributed by atoms with van der Waals surface area (Å²) in [4.78, 5) is 2.58. The Bertz CT molecular complexity index is 3550. The molecular formula is C62H47NO. The molecule has 0 amide bonds. The second-order valence-corrected chi connectivity index (χ2v) is 19.7. The first-order chi connectivity index (χ1) is 31.1. The van der Waals surface area contributed by atoms with Gasteiger partial charge in [0, 0.05) is 27.4 Å². The van der Waals surface area contributed by atoms with E-state index in [9.17, 15) is 0 Å². The fourth-order valence-corrected chi connectivity index (χ4v) is 11.6. The first-order valence-electron chi connectivity index (χ1n) is 22.7. The quantitative estimate of drug-likeness (QED) is 0.177. The second kappa shape index (κ2) is 13.1. The highest BCUT2D eigenvalue weighted by Gasteiger charge is 2.55. The molecule has 0 saturated heterocycles. The van der Waals surface area contributed by atoms with Crippen LogP contribution in [0.15, 0.2) is 199 Å². The Morgan fingerprint density at radius 1 is 0.453 bits per heavy atom. The first kappa shape index (κ1) is 37.2. The largest absolute Gasteiger partial charge is 0.454 e. The van der Waals surface area contributed by atoms with Crippen molar-refractivity contribution in [3.05, 3.63) is 233 Å². The molecule has 0 radical (unpaired) electrons. The summed E-state index contributed by atoms with van der Waals surface area (Å²) in [5, 5.41) is 2.24. The van der Waals surface area contributed by atoms with Crippen molar-refractivity contribution in [3.8, 4) is 44.5 Å². The van der Waals surface area contributed by atoms with Crippen molar-refractivity contribution in [2.45, 2.75) is 50.9 Å². The van der Waals surface area contributed by atoms with E-state index < -0.39 is 10.8 Å². The van der Waals surface area contributed by atoms with Gasteiger partial charge >= 0.3 is 0 Å². The van der Waals surface area contributed by atoms with Crippen LogP contribution in [0.4, 0.5) is 17.1 Å². The summed E-state index contributed by atoms with van der Waals surface area (Å²) in [6, 6.07) is 72.9. The second-order valence-electron chi connectivity index (χ2n) is 19.7. The molecule has 0 fully saturated rings. The molecular weight excluding hydrogens is 775 g/mol. The lowest BCUT2D eigenvalue weighted by Crippen LogP contribution is -2.32. The highest BCUT2D eigenvalue weighted by atomic mass is 16.3. The van der Waals surface area contributed by atoms with E-state index >= 15 is 0 Å². The fraction of sp³-hybridized carbons (Fsp3) is 0.129. The summed E-state index contributed by atoms with van der Waals surface area (Å²) in [6.07, 6.45) is 0. The minimum Gasteiger partial charge on any atom is -0.454 e. The van der Waals surface area contributed by atoms with Gasteiger partial charge in [-0.1, -0.05) is 192 Å². The van der Waals surface area contributed by atoms with E-state index in [1.807, 2.05) is 0 Å². The van der Waals surface area contributed by atoms with E-state index in [4.69, 9.17) is 4.42 Å². The van der Waals surface area contributed by atoms with E-state index in [2.05, 4.69) is 234 Å². The summed E-state index contributed by atoms with van der Waals surface area (Å²) < 4.78 is 7.34. The van der Waals surface area contributed by atoms with Gasteiger partial charge in [-0.15, -0.1) is 0 Å². The smallest absolute Gasteiger partial charge is 0.159 e. The van der Waals surface area contributed by atoms with Crippen molar-refractivity contribution in [1.82, 2.24) is 0 Å². The van der Waals surface area contributed by atoms with Crippen molar-refractivity contribution in [2.75, 3.05) is 4.90 Å². The highest BCUT2D eigenvalue weighted by Crippen LogP contribution is 2.68. The standard InChI is InChI=1S/C62H47NO/c1-60(2,3)42-27-31-46-47-32-28-43-36-53(47)62(52(46)35-42)51-22-14-12-20-45(51)49-37-50-48-21-13-15-23-56(48)64-59(50)58(57(49)62)63(44-29-24-40(25-30-44)38-16-8-6-9-17-38)55-33-26-41(34-54(55)61(43,4)5)39-18-10-7-11-19-39/h6-37H,1-5H3. The van der Waals surface area contributed by atoms with E-state index in [0.29, 0.717) is 0 Å². The van der Waals surface area contributed by atoms with Crippen LogP contribution in [0.1, 0.15) is 73.6 Å². The monoisotopic (exact) mass is 821 g/mol. The summed E-state index contributed by atoms with van der Waals surface area (Å²) in [5.74, 6) is 0. The molecule has 2 bridgehead atoms. The number of para-hydroxylation sites is 1. The molecule has 2 nitrogen and oxygen atoms in total. The number of benzene rings is 9.